The van der Waals surface area contributed by atoms with E-state index in [-0.39, 0.29) is 6.04 Å². The fourth-order valence-electron chi connectivity index (χ4n) is 1.86. The minimum Gasteiger partial charge on any atom is -0.398 e. The van der Waals surface area contributed by atoms with Gasteiger partial charge in [0.2, 0.25) is 0 Å². The minimum atomic E-state index is 0.147. The minimum absolute atomic E-state index is 0.147. The van der Waals surface area contributed by atoms with Crippen molar-refractivity contribution in [3.05, 3.63) is 28.8 Å². The van der Waals surface area contributed by atoms with Gasteiger partial charge in [0.1, 0.15) is 0 Å². The van der Waals surface area contributed by atoms with Crippen molar-refractivity contribution in [3.63, 3.8) is 0 Å². The maximum Gasteiger partial charge on any atom is 0.0394 e. The quantitative estimate of drug-likeness (QED) is 0.703. The van der Waals surface area contributed by atoms with Crippen molar-refractivity contribution in [1.29, 1.82) is 0 Å². The van der Waals surface area contributed by atoms with Gasteiger partial charge in [0.15, 0.2) is 0 Å². The van der Waals surface area contributed by atoms with Crippen LogP contribution in [-0.2, 0) is 0 Å². The third-order valence-corrected chi connectivity index (χ3v) is 3.31. The third kappa shape index (κ3) is 1.50. The second-order valence-electron chi connectivity index (χ2n) is 4.37. The lowest BCUT2D eigenvalue weighted by atomic mass is 9.96. The molecule has 2 heteroatoms. The molecule has 0 saturated heterocycles. The van der Waals surface area contributed by atoms with E-state index >= 15 is 0 Å². The van der Waals surface area contributed by atoms with Gasteiger partial charge in [-0.25, -0.2) is 0 Å². The van der Waals surface area contributed by atoms with Crippen LogP contribution in [0.3, 0.4) is 0 Å². The van der Waals surface area contributed by atoms with Crippen LogP contribution in [0.5, 0.6) is 0 Å². The predicted molar refractivity (Wildman–Crippen MR) is 60.0 cm³/mol. The van der Waals surface area contributed by atoms with E-state index in [1.165, 1.54) is 24.0 Å². The largest absolute Gasteiger partial charge is 0.398 e. The zero-order valence-corrected chi connectivity index (χ0v) is 8.88. The number of benzene rings is 1. The van der Waals surface area contributed by atoms with Crippen LogP contribution in [0.25, 0.3) is 0 Å². The van der Waals surface area contributed by atoms with Gasteiger partial charge >= 0.3 is 0 Å². The van der Waals surface area contributed by atoms with Crippen molar-refractivity contribution in [1.82, 2.24) is 0 Å². The molecule has 0 amide bonds. The van der Waals surface area contributed by atoms with E-state index in [1.807, 2.05) is 0 Å². The predicted octanol–water partition coefficient (Wildman–Crippen LogP) is 2.30. The molecule has 0 bridgehead atoms. The van der Waals surface area contributed by atoms with Crippen molar-refractivity contribution in [2.75, 3.05) is 5.73 Å². The molecule has 14 heavy (non-hydrogen) atoms. The van der Waals surface area contributed by atoms with E-state index < -0.39 is 0 Å². The second-order valence-corrected chi connectivity index (χ2v) is 4.37. The molecule has 0 spiro atoms. The fourth-order valence-corrected chi connectivity index (χ4v) is 1.86. The summed E-state index contributed by atoms with van der Waals surface area (Å²) in [5.74, 6) is 0.666. The van der Waals surface area contributed by atoms with Crippen LogP contribution >= 0.6 is 0 Å². The van der Waals surface area contributed by atoms with Gasteiger partial charge in [-0.15, -0.1) is 0 Å². The smallest absolute Gasteiger partial charge is 0.0394 e. The van der Waals surface area contributed by atoms with Gasteiger partial charge in [-0.1, -0.05) is 12.1 Å². The van der Waals surface area contributed by atoms with Crippen molar-refractivity contribution < 1.29 is 0 Å². The molecule has 1 saturated carbocycles. The summed E-state index contributed by atoms with van der Waals surface area (Å²) in [5.41, 5.74) is 16.7. The number of hydrogen-bond acceptors (Lipinski definition) is 2. The molecular formula is C12H18N2. The standard InChI is InChI=1S/C12H18N2/c1-7-3-6-10(11(13)8(7)2)12(14)9-4-5-9/h3,6,9,12H,4-5,13-14H2,1-2H3/t12-/m1/s1. The average Bonchev–Trinajstić information content (AvgIpc) is 2.97. The van der Waals surface area contributed by atoms with E-state index in [2.05, 4.69) is 26.0 Å². The highest BCUT2D eigenvalue weighted by Crippen LogP contribution is 2.41. The Morgan fingerprint density at radius 1 is 1.29 bits per heavy atom. The van der Waals surface area contributed by atoms with Gasteiger partial charge in [-0.05, 0) is 49.3 Å². The first-order valence-electron chi connectivity index (χ1n) is 5.22. The Morgan fingerprint density at radius 2 is 1.93 bits per heavy atom. The van der Waals surface area contributed by atoms with Gasteiger partial charge < -0.3 is 11.5 Å². The zero-order chi connectivity index (χ0) is 10.3. The molecule has 2 nitrogen and oxygen atoms in total. The highest BCUT2D eigenvalue weighted by Gasteiger charge is 2.30. The van der Waals surface area contributed by atoms with E-state index in [1.54, 1.807) is 0 Å². The van der Waals surface area contributed by atoms with Crippen LogP contribution in [0.4, 0.5) is 5.69 Å². The maximum absolute atomic E-state index is 6.14. The lowest BCUT2D eigenvalue weighted by Crippen LogP contribution is -2.15. The summed E-state index contributed by atoms with van der Waals surface area (Å²) in [6, 6.07) is 4.35. The Morgan fingerprint density at radius 3 is 2.50 bits per heavy atom. The molecule has 1 aromatic rings. The molecule has 0 heterocycles. The summed E-state index contributed by atoms with van der Waals surface area (Å²) < 4.78 is 0. The molecule has 1 atom stereocenters. The summed E-state index contributed by atoms with van der Waals surface area (Å²) in [6.45, 7) is 4.14. The van der Waals surface area contributed by atoms with Crippen LogP contribution in [0, 0.1) is 19.8 Å². The van der Waals surface area contributed by atoms with Crippen molar-refractivity contribution in [2.24, 2.45) is 11.7 Å². The van der Waals surface area contributed by atoms with Gasteiger partial charge in [0, 0.05) is 11.7 Å². The van der Waals surface area contributed by atoms with E-state index in [9.17, 15) is 0 Å². The topological polar surface area (TPSA) is 52.0 Å². The van der Waals surface area contributed by atoms with Gasteiger partial charge in [0.05, 0.1) is 0 Å². The maximum atomic E-state index is 6.14. The summed E-state index contributed by atoms with van der Waals surface area (Å²) in [6.07, 6.45) is 2.51. The second kappa shape index (κ2) is 3.28. The SMILES string of the molecule is Cc1ccc([C@H](N)C2CC2)c(N)c1C. The molecule has 1 aliphatic rings. The summed E-state index contributed by atoms with van der Waals surface area (Å²) in [4.78, 5) is 0. The number of rotatable bonds is 2. The molecule has 0 aromatic heterocycles. The van der Waals surface area contributed by atoms with Gasteiger partial charge in [0.25, 0.3) is 0 Å². The van der Waals surface area contributed by atoms with Crippen LogP contribution < -0.4 is 11.5 Å². The first-order chi connectivity index (χ1) is 6.61. The molecule has 76 valence electrons. The average molecular weight is 190 g/mol. The summed E-state index contributed by atoms with van der Waals surface area (Å²) in [7, 11) is 0. The fraction of sp³-hybridized carbons (Fsp3) is 0.500. The van der Waals surface area contributed by atoms with Gasteiger partial charge in [-0.2, -0.15) is 0 Å². The van der Waals surface area contributed by atoms with Crippen LogP contribution in [0.2, 0.25) is 0 Å². The Balaban J connectivity index is 2.38. The molecule has 2 rings (SSSR count). The number of nitrogens with two attached hydrogens (primary N) is 2. The number of anilines is 1. The lowest BCUT2D eigenvalue weighted by Gasteiger charge is -2.16. The number of aryl methyl sites for hydroxylation is 1. The summed E-state index contributed by atoms with van der Waals surface area (Å²) >= 11 is 0. The molecule has 0 aliphatic heterocycles. The van der Waals surface area contributed by atoms with Crippen molar-refractivity contribution in [3.8, 4) is 0 Å². The number of nitrogen functional groups attached to an aromatic ring is 1. The third-order valence-electron chi connectivity index (χ3n) is 3.31. The molecule has 1 aromatic carbocycles. The lowest BCUT2D eigenvalue weighted by molar-refractivity contribution is 0.635. The van der Waals surface area contributed by atoms with Crippen molar-refractivity contribution in [2.45, 2.75) is 32.7 Å². The molecule has 0 radical (unpaired) electrons. The highest BCUT2D eigenvalue weighted by atomic mass is 14.7. The highest BCUT2D eigenvalue weighted by molar-refractivity contribution is 5.57. The molecule has 1 fully saturated rings. The molecule has 1 aliphatic carbocycles. The van der Waals surface area contributed by atoms with E-state index in [4.69, 9.17) is 11.5 Å². The Labute approximate surface area is 85.3 Å². The monoisotopic (exact) mass is 190 g/mol. The van der Waals surface area contributed by atoms with Crippen molar-refractivity contribution >= 4 is 5.69 Å². The molecule has 0 unspecified atom stereocenters. The van der Waals surface area contributed by atoms with E-state index in [0.717, 1.165) is 11.3 Å². The Bertz CT molecular complexity index is 354. The summed E-state index contributed by atoms with van der Waals surface area (Å²) in [5, 5.41) is 0. The zero-order valence-electron chi connectivity index (χ0n) is 8.88. The van der Waals surface area contributed by atoms with Crippen LogP contribution in [-0.4, -0.2) is 0 Å². The molecular weight excluding hydrogens is 172 g/mol. The number of hydrogen-bond donors (Lipinski definition) is 2. The van der Waals surface area contributed by atoms with E-state index in [0.29, 0.717) is 5.92 Å². The first-order valence-corrected chi connectivity index (χ1v) is 5.22. The van der Waals surface area contributed by atoms with Crippen LogP contribution in [0.15, 0.2) is 12.1 Å². The van der Waals surface area contributed by atoms with Crippen LogP contribution in [0.1, 0.15) is 35.6 Å². The Kier molecular flexibility index (Phi) is 2.23. The normalized spacial score (nSPS) is 18.2. The Hall–Kier alpha value is -1.02. The molecule has 4 N–H and O–H groups in total. The first kappa shape index (κ1) is 9.53. The van der Waals surface area contributed by atoms with Gasteiger partial charge in [-0.3, -0.25) is 0 Å².